The summed E-state index contributed by atoms with van der Waals surface area (Å²) in [6, 6.07) is 63.4. The molecule has 0 fully saturated rings. The van der Waals surface area contributed by atoms with E-state index in [0.717, 1.165) is 72.2 Å². The Morgan fingerprint density at radius 3 is 1.84 bits per heavy atom. The van der Waals surface area contributed by atoms with E-state index >= 15 is 0 Å². The van der Waals surface area contributed by atoms with E-state index in [1.165, 1.54) is 16.5 Å². The Morgan fingerprint density at radius 2 is 1.04 bits per heavy atom. The SMILES string of the molecule is c1ccc(-c2nc3cccc(-c4ccc(N(c5ccc6c(c5)oc5ccccc56)c5ccc(-c6ccccc6)c6ccccc56)cc4)c3o2)cc1. The number of rotatable bonds is 6. The van der Waals surface area contributed by atoms with E-state index < -0.39 is 0 Å². The molecule has 51 heavy (non-hydrogen) atoms. The highest BCUT2D eigenvalue weighted by molar-refractivity contribution is 6.09. The van der Waals surface area contributed by atoms with Gasteiger partial charge in [0.1, 0.15) is 16.7 Å². The summed E-state index contributed by atoms with van der Waals surface area (Å²) in [5.74, 6) is 0.618. The first kappa shape index (κ1) is 29.0. The molecular formula is C47H30N2O2. The number of benzene rings is 8. The van der Waals surface area contributed by atoms with Crippen LogP contribution in [0.1, 0.15) is 0 Å². The third-order valence-corrected chi connectivity index (χ3v) is 9.72. The Balaban J connectivity index is 1.13. The maximum atomic E-state index is 6.39. The molecule has 0 saturated carbocycles. The number of furan rings is 1. The van der Waals surface area contributed by atoms with Crippen LogP contribution in [-0.2, 0) is 0 Å². The molecule has 10 aromatic rings. The number of hydrogen-bond donors (Lipinski definition) is 0. The summed E-state index contributed by atoms with van der Waals surface area (Å²) < 4.78 is 12.8. The number of fused-ring (bicyclic) bond motifs is 5. The molecule has 240 valence electrons. The molecule has 4 nitrogen and oxygen atoms in total. The van der Waals surface area contributed by atoms with E-state index in [1.807, 2.05) is 54.6 Å². The third-order valence-electron chi connectivity index (χ3n) is 9.72. The number of nitrogens with zero attached hydrogens (tertiary/aromatic N) is 2. The van der Waals surface area contributed by atoms with E-state index in [0.29, 0.717) is 5.89 Å². The highest BCUT2D eigenvalue weighted by atomic mass is 16.3. The topological polar surface area (TPSA) is 42.4 Å². The van der Waals surface area contributed by atoms with Gasteiger partial charge >= 0.3 is 0 Å². The molecule has 0 spiro atoms. The summed E-state index contributed by atoms with van der Waals surface area (Å²) in [4.78, 5) is 7.14. The molecule has 0 atom stereocenters. The fraction of sp³-hybridized carbons (Fsp3) is 0. The normalized spacial score (nSPS) is 11.5. The maximum Gasteiger partial charge on any atom is 0.227 e. The average molecular weight is 655 g/mol. The highest BCUT2D eigenvalue weighted by Crippen LogP contribution is 2.44. The van der Waals surface area contributed by atoms with Crippen LogP contribution >= 0.6 is 0 Å². The van der Waals surface area contributed by atoms with Gasteiger partial charge in [0, 0.05) is 44.7 Å². The summed E-state index contributed by atoms with van der Waals surface area (Å²) in [6.45, 7) is 0. The minimum Gasteiger partial charge on any atom is -0.456 e. The smallest absolute Gasteiger partial charge is 0.227 e. The van der Waals surface area contributed by atoms with Crippen molar-refractivity contribution < 1.29 is 8.83 Å². The van der Waals surface area contributed by atoms with Crippen LogP contribution in [0.15, 0.2) is 191 Å². The molecular weight excluding hydrogens is 625 g/mol. The van der Waals surface area contributed by atoms with Gasteiger partial charge in [0.2, 0.25) is 5.89 Å². The molecule has 0 unspecified atom stereocenters. The molecule has 10 rings (SSSR count). The van der Waals surface area contributed by atoms with Crippen LogP contribution in [0.4, 0.5) is 17.1 Å². The van der Waals surface area contributed by atoms with Gasteiger partial charge in [-0.15, -0.1) is 0 Å². The Bertz CT molecular complexity index is 2850. The van der Waals surface area contributed by atoms with Crippen molar-refractivity contribution in [2.75, 3.05) is 4.90 Å². The average Bonchev–Trinajstić information content (AvgIpc) is 3.81. The van der Waals surface area contributed by atoms with Crippen molar-refractivity contribution in [3.63, 3.8) is 0 Å². The maximum absolute atomic E-state index is 6.39. The summed E-state index contributed by atoms with van der Waals surface area (Å²) >= 11 is 0. The number of oxazole rings is 1. The Kier molecular flexibility index (Phi) is 6.78. The first-order valence-corrected chi connectivity index (χ1v) is 17.1. The molecule has 2 aromatic heterocycles. The molecule has 0 N–H and O–H groups in total. The first-order valence-electron chi connectivity index (χ1n) is 17.1. The van der Waals surface area contributed by atoms with E-state index in [4.69, 9.17) is 13.8 Å². The van der Waals surface area contributed by atoms with Crippen LogP contribution in [-0.4, -0.2) is 4.98 Å². The minimum absolute atomic E-state index is 0.618. The van der Waals surface area contributed by atoms with Gasteiger partial charge in [0.25, 0.3) is 0 Å². The fourth-order valence-electron chi connectivity index (χ4n) is 7.30. The second-order valence-electron chi connectivity index (χ2n) is 12.7. The molecule has 4 heteroatoms. The van der Waals surface area contributed by atoms with Gasteiger partial charge in [-0.05, 0) is 76.7 Å². The molecule has 0 amide bonds. The summed E-state index contributed by atoms with van der Waals surface area (Å²) in [5.41, 5.74) is 11.9. The van der Waals surface area contributed by atoms with Crippen molar-refractivity contribution in [1.82, 2.24) is 4.98 Å². The number of hydrogen-bond acceptors (Lipinski definition) is 4. The zero-order valence-corrected chi connectivity index (χ0v) is 27.5. The monoisotopic (exact) mass is 654 g/mol. The standard InChI is InChI=1S/C47H30N2O2/c1-3-12-31(13-4-1)36-28-29-43(39-17-8-7-16-38(36)39)49(35-26-27-41-40-18-9-10-21-44(40)50-45(41)30-35)34-24-22-32(23-25-34)37-19-11-20-42-46(37)51-47(48-42)33-14-5-2-6-15-33/h1-30H. The highest BCUT2D eigenvalue weighted by Gasteiger charge is 2.20. The summed E-state index contributed by atoms with van der Waals surface area (Å²) in [7, 11) is 0. The van der Waals surface area contributed by atoms with Gasteiger partial charge in [-0.1, -0.05) is 121 Å². The zero-order chi connectivity index (χ0) is 33.7. The minimum atomic E-state index is 0.618. The van der Waals surface area contributed by atoms with E-state index in [2.05, 4.69) is 132 Å². The van der Waals surface area contributed by atoms with Gasteiger partial charge < -0.3 is 13.7 Å². The zero-order valence-electron chi connectivity index (χ0n) is 27.5. The molecule has 8 aromatic carbocycles. The molecule has 0 saturated heterocycles. The largest absolute Gasteiger partial charge is 0.456 e. The van der Waals surface area contributed by atoms with Crippen LogP contribution in [0.3, 0.4) is 0 Å². The van der Waals surface area contributed by atoms with Crippen molar-refractivity contribution in [3.8, 4) is 33.7 Å². The lowest BCUT2D eigenvalue weighted by molar-refractivity contribution is 0.621. The summed E-state index contributed by atoms with van der Waals surface area (Å²) in [6.07, 6.45) is 0. The molecule has 0 bridgehead atoms. The van der Waals surface area contributed by atoms with Gasteiger partial charge in [0.15, 0.2) is 5.58 Å². The molecule has 0 aliphatic heterocycles. The van der Waals surface area contributed by atoms with Crippen LogP contribution in [0, 0.1) is 0 Å². The Morgan fingerprint density at radius 1 is 0.392 bits per heavy atom. The number of para-hydroxylation sites is 2. The van der Waals surface area contributed by atoms with E-state index in [1.54, 1.807) is 0 Å². The van der Waals surface area contributed by atoms with E-state index in [-0.39, 0.29) is 0 Å². The lowest BCUT2D eigenvalue weighted by Gasteiger charge is -2.27. The first-order chi connectivity index (χ1) is 25.3. The fourth-order valence-corrected chi connectivity index (χ4v) is 7.30. The van der Waals surface area contributed by atoms with Gasteiger partial charge in [-0.3, -0.25) is 0 Å². The number of aromatic nitrogens is 1. The van der Waals surface area contributed by atoms with E-state index in [9.17, 15) is 0 Å². The lowest BCUT2D eigenvalue weighted by Crippen LogP contribution is -2.10. The second-order valence-corrected chi connectivity index (χ2v) is 12.7. The van der Waals surface area contributed by atoms with Crippen molar-refractivity contribution in [2.24, 2.45) is 0 Å². The van der Waals surface area contributed by atoms with Crippen LogP contribution in [0.2, 0.25) is 0 Å². The number of anilines is 3. The Hall–Kier alpha value is -6.91. The molecule has 2 heterocycles. The quantitative estimate of drug-likeness (QED) is 0.179. The molecule has 0 aliphatic rings. The van der Waals surface area contributed by atoms with Crippen LogP contribution in [0.25, 0.3) is 77.5 Å². The third kappa shape index (κ3) is 4.96. The van der Waals surface area contributed by atoms with Crippen molar-refractivity contribution >= 4 is 60.9 Å². The second kappa shape index (κ2) is 11.9. The van der Waals surface area contributed by atoms with Gasteiger partial charge in [-0.2, -0.15) is 0 Å². The van der Waals surface area contributed by atoms with Crippen molar-refractivity contribution in [2.45, 2.75) is 0 Å². The predicted molar refractivity (Wildman–Crippen MR) is 210 cm³/mol. The van der Waals surface area contributed by atoms with Crippen LogP contribution in [0.5, 0.6) is 0 Å². The van der Waals surface area contributed by atoms with Crippen molar-refractivity contribution in [1.29, 1.82) is 0 Å². The van der Waals surface area contributed by atoms with Crippen molar-refractivity contribution in [3.05, 3.63) is 182 Å². The predicted octanol–water partition coefficient (Wildman–Crippen LogP) is 13.4. The molecule has 0 aliphatic carbocycles. The Labute approximate surface area is 294 Å². The van der Waals surface area contributed by atoms with Crippen LogP contribution < -0.4 is 4.90 Å². The van der Waals surface area contributed by atoms with Gasteiger partial charge in [-0.25, -0.2) is 4.98 Å². The lowest BCUT2D eigenvalue weighted by atomic mass is 9.96. The summed E-state index contributed by atoms with van der Waals surface area (Å²) in [5, 5.41) is 4.57. The van der Waals surface area contributed by atoms with Gasteiger partial charge in [0.05, 0.1) is 5.69 Å². The molecule has 0 radical (unpaired) electrons.